The molecule has 0 aliphatic rings. The van der Waals surface area contributed by atoms with Crippen molar-refractivity contribution in [1.82, 2.24) is 4.98 Å². The Morgan fingerprint density at radius 1 is 0.500 bits per heavy atom. The summed E-state index contributed by atoms with van der Waals surface area (Å²) in [7, 11) is 0. The van der Waals surface area contributed by atoms with Crippen LogP contribution in [0.15, 0.2) is 83.8 Å². The molecule has 1 nitrogen and oxygen atoms in total. The first-order valence-electron chi connectivity index (χ1n) is 5.05. The van der Waals surface area contributed by atoms with E-state index in [9.17, 15) is 0 Å². The molecule has 0 aliphatic heterocycles. The second-order valence-electron chi connectivity index (χ2n) is 2.83. The lowest BCUT2D eigenvalue weighted by atomic mass is 10.4. The standard InChI is InChI=1S/C6H6.C4H5N.C4H4S/c1-2-4-6-5-3-1;2*1-2-4-5-3-1/h1-6H;1-5H;1-4H. The fourth-order valence-electron chi connectivity index (χ4n) is 0.889. The predicted molar refractivity (Wildman–Crippen MR) is 71.6 cm³/mol. The van der Waals surface area contributed by atoms with Gasteiger partial charge >= 0.3 is 0 Å². The summed E-state index contributed by atoms with van der Waals surface area (Å²) in [5.74, 6) is 0. The Morgan fingerprint density at radius 3 is 1.12 bits per heavy atom. The molecule has 0 amide bonds. The van der Waals surface area contributed by atoms with E-state index in [0.717, 1.165) is 0 Å². The smallest absolute Gasteiger partial charge is 0.000496 e. The Hall–Kier alpha value is -1.80. The summed E-state index contributed by atoms with van der Waals surface area (Å²) in [6.45, 7) is 0. The molecule has 2 heterocycles. The number of aromatic amines is 1. The molecule has 2 heteroatoms. The molecule has 3 aromatic rings. The quantitative estimate of drug-likeness (QED) is 0.586. The summed E-state index contributed by atoms with van der Waals surface area (Å²) in [6, 6.07) is 19.9. The number of hydrogen-bond acceptors (Lipinski definition) is 1. The molecule has 0 saturated heterocycles. The highest BCUT2D eigenvalue weighted by Gasteiger charge is 1.59. The molecule has 1 aromatic carbocycles. The predicted octanol–water partition coefficient (Wildman–Crippen LogP) is 4.45. The number of rotatable bonds is 0. The molecule has 82 valence electrons. The van der Waals surface area contributed by atoms with Crippen LogP contribution in [-0.2, 0) is 0 Å². The largest absolute Gasteiger partial charge is 0.368 e. The van der Waals surface area contributed by atoms with Gasteiger partial charge in [-0.1, -0.05) is 48.5 Å². The Kier molecular flexibility index (Phi) is 7.47. The summed E-state index contributed by atoms with van der Waals surface area (Å²) in [6.07, 6.45) is 3.75. The van der Waals surface area contributed by atoms with Crippen molar-refractivity contribution >= 4 is 11.3 Å². The maximum Gasteiger partial charge on any atom is 0.000496 e. The summed E-state index contributed by atoms with van der Waals surface area (Å²) in [5.41, 5.74) is 0. The third kappa shape index (κ3) is 7.59. The lowest BCUT2D eigenvalue weighted by molar-refractivity contribution is 1.42. The van der Waals surface area contributed by atoms with E-state index >= 15 is 0 Å². The lowest BCUT2D eigenvalue weighted by Crippen LogP contribution is -1.47. The minimum absolute atomic E-state index is 1.71. The van der Waals surface area contributed by atoms with Gasteiger partial charge in [0.1, 0.15) is 0 Å². The zero-order chi connectivity index (χ0) is 11.3. The van der Waals surface area contributed by atoms with Crippen LogP contribution in [0, 0.1) is 0 Å². The van der Waals surface area contributed by atoms with Crippen molar-refractivity contribution in [3.05, 3.63) is 83.8 Å². The topological polar surface area (TPSA) is 15.8 Å². The van der Waals surface area contributed by atoms with Crippen molar-refractivity contribution < 1.29 is 0 Å². The minimum atomic E-state index is 1.71. The summed E-state index contributed by atoms with van der Waals surface area (Å²) < 4.78 is 0. The average molecular weight is 229 g/mol. The van der Waals surface area contributed by atoms with E-state index in [-0.39, 0.29) is 0 Å². The van der Waals surface area contributed by atoms with Gasteiger partial charge in [0.2, 0.25) is 0 Å². The number of hydrogen-bond donors (Lipinski definition) is 1. The fraction of sp³-hybridized carbons (Fsp3) is 0. The van der Waals surface area contributed by atoms with E-state index in [4.69, 9.17) is 0 Å². The first kappa shape index (κ1) is 12.3. The third-order valence-electron chi connectivity index (χ3n) is 1.59. The van der Waals surface area contributed by atoms with Gasteiger partial charge in [-0.05, 0) is 22.9 Å². The van der Waals surface area contributed by atoms with E-state index in [1.165, 1.54) is 0 Å². The van der Waals surface area contributed by atoms with Crippen LogP contribution < -0.4 is 0 Å². The summed E-state index contributed by atoms with van der Waals surface area (Å²) in [4.78, 5) is 2.86. The number of nitrogens with one attached hydrogen (secondary N) is 1. The molecule has 0 saturated carbocycles. The molecule has 0 unspecified atom stereocenters. The first-order chi connectivity index (χ1) is 8.00. The van der Waals surface area contributed by atoms with Gasteiger partial charge in [-0.15, -0.1) is 0 Å². The molecule has 0 aliphatic carbocycles. The van der Waals surface area contributed by atoms with Gasteiger partial charge in [0, 0.05) is 12.4 Å². The van der Waals surface area contributed by atoms with Crippen LogP contribution >= 0.6 is 11.3 Å². The summed E-state index contributed by atoms with van der Waals surface area (Å²) >= 11 is 1.71. The van der Waals surface area contributed by atoms with Crippen LogP contribution in [0.2, 0.25) is 0 Å². The van der Waals surface area contributed by atoms with Gasteiger partial charge in [-0.2, -0.15) is 11.3 Å². The number of benzene rings is 1. The van der Waals surface area contributed by atoms with Crippen LogP contribution in [0.1, 0.15) is 0 Å². The number of thiophene rings is 1. The number of aromatic nitrogens is 1. The van der Waals surface area contributed by atoms with Crippen LogP contribution in [0.4, 0.5) is 0 Å². The van der Waals surface area contributed by atoms with Gasteiger partial charge in [0.15, 0.2) is 0 Å². The monoisotopic (exact) mass is 229 g/mol. The molecular weight excluding hydrogens is 214 g/mol. The maximum atomic E-state index is 2.86. The highest BCUT2D eigenvalue weighted by atomic mass is 32.1. The van der Waals surface area contributed by atoms with Crippen LogP contribution in [0.3, 0.4) is 0 Å². The van der Waals surface area contributed by atoms with Crippen molar-refractivity contribution in [2.45, 2.75) is 0 Å². The molecule has 2 aromatic heterocycles. The molecule has 0 radical (unpaired) electrons. The van der Waals surface area contributed by atoms with E-state index in [1.54, 1.807) is 11.3 Å². The molecule has 0 spiro atoms. The summed E-state index contributed by atoms with van der Waals surface area (Å²) in [5, 5.41) is 4.08. The SMILES string of the molecule is c1cc[nH]c1.c1ccccc1.c1ccsc1. The van der Waals surface area contributed by atoms with Gasteiger partial charge in [0.25, 0.3) is 0 Å². The van der Waals surface area contributed by atoms with Gasteiger partial charge < -0.3 is 4.98 Å². The van der Waals surface area contributed by atoms with Crippen LogP contribution in [-0.4, -0.2) is 4.98 Å². The van der Waals surface area contributed by atoms with Crippen LogP contribution in [0.5, 0.6) is 0 Å². The first-order valence-corrected chi connectivity index (χ1v) is 5.99. The molecule has 16 heavy (non-hydrogen) atoms. The van der Waals surface area contributed by atoms with Crippen molar-refractivity contribution in [3.63, 3.8) is 0 Å². The lowest BCUT2D eigenvalue weighted by Gasteiger charge is -1.69. The molecule has 0 atom stereocenters. The molecule has 3 rings (SSSR count). The Labute approximate surface area is 100 Å². The molecular formula is C14H15NS. The Morgan fingerprint density at radius 2 is 0.938 bits per heavy atom. The van der Waals surface area contributed by atoms with Gasteiger partial charge in [0.05, 0.1) is 0 Å². The third-order valence-corrected chi connectivity index (χ3v) is 2.22. The Bertz CT molecular complexity index is 302. The van der Waals surface area contributed by atoms with Crippen molar-refractivity contribution in [3.8, 4) is 0 Å². The highest BCUT2D eigenvalue weighted by molar-refractivity contribution is 7.07. The zero-order valence-corrected chi connectivity index (χ0v) is 9.81. The van der Waals surface area contributed by atoms with Crippen molar-refractivity contribution in [2.75, 3.05) is 0 Å². The van der Waals surface area contributed by atoms with Crippen molar-refractivity contribution in [1.29, 1.82) is 0 Å². The zero-order valence-electron chi connectivity index (χ0n) is 8.99. The maximum absolute atomic E-state index is 2.86. The van der Waals surface area contributed by atoms with Crippen molar-refractivity contribution in [2.24, 2.45) is 0 Å². The fourth-order valence-corrected chi connectivity index (χ4v) is 1.34. The van der Waals surface area contributed by atoms with E-state index in [0.29, 0.717) is 0 Å². The Balaban J connectivity index is 0.000000121. The van der Waals surface area contributed by atoms with E-state index in [1.807, 2.05) is 83.8 Å². The minimum Gasteiger partial charge on any atom is -0.368 e. The van der Waals surface area contributed by atoms with Gasteiger partial charge in [-0.3, -0.25) is 0 Å². The highest BCUT2D eigenvalue weighted by Crippen LogP contribution is 1.91. The molecule has 1 N–H and O–H groups in total. The molecule has 0 fully saturated rings. The number of H-pyrrole nitrogens is 1. The second-order valence-corrected chi connectivity index (χ2v) is 3.65. The van der Waals surface area contributed by atoms with E-state index in [2.05, 4.69) is 4.98 Å². The normalized spacial score (nSPS) is 8.00. The van der Waals surface area contributed by atoms with Gasteiger partial charge in [-0.25, -0.2) is 0 Å². The van der Waals surface area contributed by atoms with E-state index < -0.39 is 0 Å². The molecule has 0 bridgehead atoms. The second kappa shape index (κ2) is 9.74. The average Bonchev–Trinajstić information content (AvgIpc) is 3.10. The van der Waals surface area contributed by atoms with Crippen LogP contribution in [0.25, 0.3) is 0 Å².